The number of fused-ring (bicyclic) bond motifs is 1. The Hall–Kier alpha value is -4.84. The molecule has 0 unspecified atom stereocenters. The van der Waals surface area contributed by atoms with Crippen LogP contribution in [-0.4, -0.2) is 32.1 Å². The third-order valence-electron chi connectivity index (χ3n) is 5.37. The van der Waals surface area contributed by atoms with Crippen molar-refractivity contribution in [2.75, 3.05) is 12.4 Å². The van der Waals surface area contributed by atoms with Gasteiger partial charge >= 0.3 is 0 Å². The van der Waals surface area contributed by atoms with Gasteiger partial charge in [0.05, 0.1) is 19.0 Å². The summed E-state index contributed by atoms with van der Waals surface area (Å²) in [6.07, 6.45) is 1.46. The zero-order valence-corrected chi connectivity index (χ0v) is 18.3. The first-order valence-electron chi connectivity index (χ1n) is 10.4. The first kappa shape index (κ1) is 21.0. The number of hydrogen-bond acceptors (Lipinski definition) is 7. The minimum absolute atomic E-state index is 0.317. The zero-order chi connectivity index (χ0) is 23.7. The highest BCUT2D eigenvalue weighted by Gasteiger charge is 2.17. The van der Waals surface area contributed by atoms with Gasteiger partial charge in [-0.25, -0.2) is 9.37 Å². The van der Waals surface area contributed by atoms with Gasteiger partial charge in [-0.2, -0.15) is 15.0 Å². The van der Waals surface area contributed by atoms with Crippen LogP contribution in [0.5, 0.6) is 5.75 Å². The van der Waals surface area contributed by atoms with E-state index >= 15 is 0 Å². The molecule has 0 saturated carbocycles. The standard InChI is InChI=1S/C25H18FN7O/c1-15-12-23(30-24-19(15)4-3-5-21(24)34-2)33-25(17(13-27)14-28-33)29-22-11-10-20(31-32-22)16-6-8-18(26)9-7-16/h3-12,14H,1-2H3,(H,29,32). The first-order chi connectivity index (χ1) is 16.6. The van der Waals surface area contributed by atoms with Crippen molar-refractivity contribution < 1.29 is 9.13 Å². The number of pyridine rings is 1. The zero-order valence-electron chi connectivity index (χ0n) is 18.3. The van der Waals surface area contributed by atoms with Crippen molar-refractivity contribution in [2.24, 2.45) is 0 Å². The molecule has 0 amide bonds. The number of rotatable bonds is 5. The molecule has 0 spiro atoms. The summed E-state index contributed by atoms with van der Waals surface area (Å²) in [5, 5.41) is 26.5. The van der Waals surface area contributed by atoms with Crippen LogP contribution < -0.4 is 10.1 Å². The van der Waals surface area contributed by atoms with Gasteiger partial charge in [-0.05, 0) is 61.0 Å². The lowest BCUT2D eigenvalue weighted by Gasteiger charge is -2.12. The fourth-order valence-corrected chi connectivity index (χ4v) is 3.67. The number of ether oxygens (including phenoxy) is 1. The monoisotopic (exact) mass is 451 g/mol. The number of aryl methyl sites for hydroxylation is 1. The Morgan fingerprint density at radius 2 is 1.88 bits per heavy atom. The van der Waals surface area contributed by atoms with Gasteiger partial charge in [0.1, 0.15) is 28.7 Å². The van der Waals surface area contributed by atoms with E-state index in [1.165, 1.54) is 18.3 Å². The van der Waals surface area contributed by atoms with E-state index in [0.29, 0.717) is 40.0 Å². The topological polar surface area (TPSA) is 102 Å². The van der Waals surface area contributed by atoms with E-state index in [1.807, 2.05) is 31.2 Å². The molecule has 0 atom stereocenters. The lowest BCUT2D eigenvalue weighted by atomic mass is 10.1. The fraction of sp³-hybridized carbons (Fsp3) is 0.0800. The van der Waals surface area contributed by atoms with Crippen LogP contribution in [0.4, 0.5) is 16.0 Å². The lowest BCUT2D eigenvalue weighted by Crippen LogP contribution is -2.07. The molecule has 0 aliphatic heterocycles. The molecule has 166 valence electrons. The molecule has 9 heteroatoms. The quantitative estimate of drug-likeness (QED) is 0.403. The van der Waals surface area contributed by atoms with Crippen molar-refractivity contribution in [1.29, 1.82) is 5.26 Å². The summed E-state index contributed by atoms with van der Waals surface area (Å²) in [6.45, 7) is 1.98. The maximum absolute atomic E-state index is 13.2. The number of anilines is 2. The number of hydrogen-bond donors (Lipinski definition) is 1. The molecule has 0 aliphatic rings. The third-order valence-corrected chi connectivity index (χ3v) is 5.37. The van der Waals surface area contributed by atoms with Gasteiger partial charge in [0.25, 0.3) is 0 Å². The molecule has 0 radical (unpaired) electrons. The van der Waals surface area contributed by atoms with Crippen molar-refractivity contribution >= 4 is 22.5 Å². The second kappa shape index (κ2) is 8.60. The molecular formula is C25H18FN7O. The van der Waals surface area contributed by atoms with Crippen molar-refractivity contribution in [3.8, 4) is 28.9 Å². The summed E-state index contributed by atoms with van der Waals surface area (Å²) in [5.74, 6) is 1.68. The maximum atomic E-state index is 13.2. The molecule has 1 N–H and O–H groups in total. The number of nitriles is 1. The number of benzene rings is 2. The molecule has 5 aromatic rings. The molecule has 2 aromatic carbocycles. The Morgan fingerprint density at radius 1 is 1.06 bits per heavy atom. The highest BCUT2D eigenvalue weighted by atomic mass is 19.1. The second-order valence-electron chi connectivity index (χ2n) is 7.52. The van der Waals surface area contributed by atoms with Crippen LogP contribution >= 0.6 is 0 Å². The minimum atomic E-state index is -0.317. The van der Waals surface area contributed by atoms with E-state index in [4.69, 9.17) is 9.72 Å². The smallest absolute Gasteiger partial charge is 0.156 e. The molecule has 0 saturated heterocycles. The minimum Gasteiger partial charge on any atom is -0.494 e. The SMILES string of the molecule is COc1cccc2c(C)cc(-n3ncc(C#N)c3Nc3ccc(-c4ccc(F)cc4)nn3)nc12. The molecule has 0 fully saturated rings. The van der Waals surface area contributed by atoms with E-state index in [0.717, 1.165) is 16.5 Å². The Morgan fingerprint density at radius 3 is 2.59 bits per heavy atom. The molecule has 5 rings (SSSR count). The van der Waals surface area contributed by atoms with E-state index in [-0.39, 0.29) is 5.82 Å². The fourth-order valence-electron chi connectivity index (χ4n) is 3.67. The van der Waals surface area contributed by atoms with Crippen molar-refractivity contribution in [2.45, 2.75) is 6.92 Å². The largest absolute Gasteiger partial charge is 0.494 e. The Bertz CT molecular complexity index is 1540. The number of para-hydroxylation sites is 1. The summed E-state index contributed by atoms with van der Waals surface area (Å²) in [7, 11) is 1.60. The molecule has 0 aliphatic carbocycles. The average molecular weight is 451 g/mol. The third kappa shape index (κ3) is 3.78. The van der Waals surface area contributed by atoms with E-state index in [2.05, 4.69) is 26.7 Å². The van der Waals surface area contributed by atoms with Crippen molar-refractivity contribution in [3.05, 3.63) is 83.8 Å². The van der Waals surface area contributed by atoms with Crippen molar-refractivity contribution in [3.63, 3.8) is 0 Å². The molecule has 3 aromatic heterocycles. The molecule has 0 bridgehead atoms. The van der Waals surface area contributed by atoms with Crippen LogP contribution in [0.1, 0.15) is 11.1 Å². The summed E-state index contributed by atoms with van der Waals surface area (Å²) < 4.78 is 20.2. The molecule has 34 heavy (non-hydrogen) atoms. The van der Waals surface area contributed by atoms with E-state index in [1.54, 1.807) is 36.1 Å². The lowest BCUT2D eigenvalue weighted by molar-refractivity contribution is 0.419. The Kier molecular flexibility index (Phi) is 5.32. The van der Waals surface area contributed by atoms with E-state index < -0.39 is 0 Å². The van der Waals surface area contributed by atoms with Crippen LogP contribution in [0.25, 0.3) is 28.0 Å². The number of nitrogens with zero attached hydrogens (tertiary/aromatic N) is 6. The van der Waals surface area contributed by atoms with Gasteiger partial charge in [0.15, 0.2) is 17.5 Å². The summed E-state index contributed by atoms with van der Waals surface area (Å²) in [6, 6.07) is 19.3. The normalized spacial score (nSPS) is 10.8. The van der Waals surface area contributed by atoms with Gasteiger partial charge in [-0.1, -0.05) is 12.1 Å². The average Bonchev–Trinajstić information content (AvgIpc) is 3.27. The number of halogens is 1. The number of aromatic nitrogens is 5. The highest BCUT2D eigenvalue weighted by molar-refractivity contribution is 5.88. The Labute approximate surface area is 194 Å². The van der Waals surface area contributed by atoms with Crippen LogP contribution in [0.2, 0.25) is 0 Å². The number of methoxy groups -OCH3 is 1. The van der Waals surface area contributed by atoms with Crippen molar-refractivity contribution in [1.82, 2.24) is 25.0 Å². The molecular weight excluding hydrogens is 433 g/mol. The van der Waals surface area contributed by atoms with Gasteiger partial charge < -0.3 is 10.1 Å². The van der Waals surface area contributed by atoms with Gasteiger partial charge in [-0.3, -0.25) is 0 Å². The predicted molar refractivity (Wildman–Crippen MR) is 126 cm³/mol. The maximum Gasteiger partial charge on any atom is 0.156 e. The summed E-state index contributed by atoms with van der Waals surface area (Å²) in [4.78, 5) is 4.75. The molecule has 3 heterocycles. The first-order valence-corrected chi connectivity index (χ1v) is 10.4. The molecule has 8 nitrogen and oxygen atoms in total. The van der Waals surface area contributed by atoms with Crippen LogP contribution in [0.3, 0.4) is 0 Å². The van der Waals surface area contributed by atoms with E-state index in [9.17, 15) is 9.65 Å². The van der Waals surface area contributed by atoms with Gasteiger partial charge in [0, 0.05) is 10.9 Å². The second-order valence-corrected chi connectivity index (χ2v) is 7.52. The summed E-state index contributed by atoms with van der Waals surface area (Å²) >= 11 is 0. The van der Waals surface area contributed by atoms with Gasteiger partial charge in [-0.15, -0.1) is 10.2 Å². The van der Waals surface area contributed by atoms with Crippen LogP contribution in [0, 0.1) is 24.1 Å². The Balaban J connectivity index is 1.53. The highest BCUT2D eigenvalue weighted by Crippen LogP contribution is 2.30. The van der Waals surface area contributed by atoms with Crippen LogP contribution in [0.15, 0.2) is 66.9 Å². The van der Waals surface area contributed by atoms with Gasteiger partial charge in [0.2, 0.25) is 0 Å². The summed E-state index contributed by atoms with van der Waals surface area (Å²) in [5.41, 5.74) is 3.35. The number of nitrogens with one attached hydrogen (secondary N) is 1. The van der Waals surface area contributed by atoms with Crippen LogP contribution in [-0.2, 0) is 0 Å². The predicted octanol–water partition coefficient (Wildman–Crippen LogP) is 4.95.